The highest BCUT2D eigenvalue weighted by molar-refractivity contribution is 6.04. The first-order chi connectivity index (χ1) is 19.0. The van der Waals surface area contributed by atoms with Gasteiger partial charge in [-0.15, -0.1) is 0 Å². The zero-order chi connectivity index (χ0) is 26.8. The highest BCUT2D eigenvalue weighted by Crippen LogP contribution is 2.25. The number of aromatic amines is 2. The predicted octanol–water partition coefficient (Wildman–Crippen LogP) is 4.95. The summed E-state index contributed by atoms with van der Waals surface area (Å²) in [6.07, 6.45) is 5.19. The molecule has 0 spiro atoms. The van der Waals surface area contributed by atoms with Crippen LogP contribution in [0.5, 0.6) is 0 Å². The zero-order valence-electron chi connectivity index (χ0n) is 21.4. The van der Waals surface area contributed by atoms with Gasteiger partial charge in [0, 0.05) is 42.9 Å². The van der Waals surface area contributed by atoms with Gasteiger partial charge in [-0.25, -0.2) is 4.39 Å². The molecule has 2 aromatic carbocycles. The summed E-state index contributed by atoms with van der Waals surface area (Å²) in [6.45, 7) is 2.86. The Morgan fingerprint density at radius 2 is 1.85 bits per heavy atom. The van der Waals surface area contributed by atoms with Crippen molar-refractivity contribution in [3.8, 4) is 11.3 Å². The normalized spacial score (nSPS) is 14.6. The molecule has 0 bridgehead atoms. The summed E-state index contributed by atoms with van der Waals surface area (Å²) >= 11 is 0. The van der Waals surface area contributed by atoms with Crippen LogP contribution in [0.2, 0.25) is 0 Å². The highest BCUT2D eigenvalue weighted by Gasteiger charge is 2.19. The van der Waals surface area contributed by atoms with Crippen LogP contribution in [0.4, 0.5) is 10.1 Å². The van der Waals surface area contributed by atoms with Crippen molar-refractivity contribution >= 4 is 22.5 Å². The second-order valence-electron chi connectivity index (χ2n) is 10.1. The lowest BCUT2D eigenvalue weighted by Gasteiger charge is -2.28. The van der Waals surface area contributed by atoms with E-state index in [1.807, 2.05) is 42.5 Å². The Hall–Kier alpha value is -4.50. The van der Waals surface area contributed by atoms with Gasteiger partial charge in [0.2, 0.25) is 0 Å². The number of anilines is 1. The predicted molar refractivity (Wildman–Crippen MR) is 149 cm³/mol. The van der Waals surface area contributed by atoms with Gasteiger partial charge in [0.15, 0.2) is 0 Å². The fourth-order valence-corrected chi connectivity index (χ4v) is 5.04. The molecule has 0 aliphatic carbocycles. The first-order valence-corrected chi connectivity index (χ1v) is 13.1. The Kier molecular flexibility index (Phi) is 6.81. The first-order valence-electron chi connectivity index (χ1n) is 13.1. The number of likely N-dealkylation sites (tertiary alicyclic amines) is 1. The number of piperidine rings is 1. The summed E-state index contributed by atoms with van der Waals surface area (Å²) in [6, 6.07) is 19.7. The van der Waals surface area contributed by atoms with Gasteiger partial charge < -0.3 is 15.3 Å². The number of nitrogens with one attached hydrogen (secondary N) is 3. The SMILES string of the molecule is O=C(Nc1c[nH]c(=O)c(-c2cc3cc(CN4CCC(F)CC4)ccc3[nH]2)c1)c1cnn(Cc2ccccc2)c1. The number of alkyl halides is 1. The van der Waals surface area contributed by atoms with Gasteiger partial charge in [0.05, 0.1) is 35.2 Å². The number of amides is 1. The first kappa shape index (κ1) is 24.8. The molecule has 0 atom stereocenters. The van der Waals surface area contributed by atoms with Crippen molar-refractivity contribution in [1.29, 1.82) is 0 Å². The molecule has 1 fully saturated rings. The molecule has 3 N–H and O–H groups in total. The number of nitrogens with zero attached hydrogens (tertiary/aromatic N) is 3. The third kappa shape index (κ3) is 5.68. The standard InChI is InChI=1S/C30H29FN6O2/c31-24-8-10-36(11-9-24)17-21-6-7-27-22(12-21)13-28(35-27)26-14-25(16-32-30(26)39)34-29(38)23-15-33-37(19-23)18-20-4-2-1-3-5-20/h1-7,12-16,19,24,35H,8-11,17-18H2,(H,32,39)(H,34,38). The number of H-pyrrole nitrogens is 2. The monoisotopic (exact) mass is 524 g/mol. The van der Waals surface area contributed by atoms with Crippen LogP contribution in [0.15, 0.2) is 84.0 Å². The fourth-order valence-electron chi connectivity index (χ4n) is 5.04. The zero-order valence-corrected chi connectivity index (χ0v) is 21.4. The summed E-state index contributed by atoms with van der Waals surface area (Å²) in [7, 11) is 0. The molecule has 5 aromatic rings. The fraction of sp³-hybridized carbons (Fsp3) is 0.233. The second kappa shape index (κ2) is 10.7. The Balaban J connectivity index is 1.17. The molecule has 1 amide bonds. The van der Waals surface area contributed by atoms with Crippen LogP contribution in [0.25, 0.3) is 22.2 Å². The lowest BCUT2D eigenvalue weighted by molar-refractivity contribution is 0.102. The molecule has 198 valence electrons. The molecule has 0 saturated carbocycles. The van der Waals surface area contributed by atoms with E-state index >= 15 is 0 Å². The minimum Gasteiger partial charge on any atom is -0.354 e. The van der Waals surface area contributed by atoms with E-state index < -0.39 is 6.17 Å². The summed E-state index contributed by atoms with van der Waals surface area (Å²) in [5.41, 5.74) is 4.87. The minimum absolute atomic E-state index is 0.260. The number of pyridine rings is 1. The quantitative estimate of drug-likeness (QED) is 0.280. The van der Waals surface area contributed by atoms with Gasteiger partial charge in [0.25, 0.3) is 11.5 Å². The highest BCUT2D eigenvalue weighted by atomic mass is 19.1. The third-order valence-electron chi connectivity index (χ3n) is 7.14. The largest absolute Gasteiger partial charge is 0.354 e. The number of hydrogen-bond donors (Lipinski definition) is 3. The number of carbonyl (C=O) groups is 1. The van der Waals surface area contributed by atoms with Crippen LogP contribution in [0.3, 0.4) is 0 Å². The van der Waals surface area contributed by atoms with Crippen molar-refractivity contribution < 1.29 is 9.18 Å². The minimum atomic E-state index is -0.688. The summed E-state index contributed by atoms with van der Waals surface area (Å²) in [5.74, 6) is -0.314. The second-order valence-corrected chi connectivity index (χ2v) is 10.1. The Labute approximate surface area is 224 Å². The van der Waals surface area contributed by atoms with Gasteiger partial charge in [-0.3, -0.25) is 19.2 Å². The molecule has 0 radical (unpaired) electrons. The number of halogens is 1. The van der Waals surface area contributed by atoms with E-state index in [2.05, 4.69) is 37.4 Å². The molecule has 1 saturated heterocycles. The molecule has 39 heavy (non-hydrogen) atoms. The molecule has 1 aliphatic heterocycles. The molecular formula is C30H29FN6O2. The van der Waals surface area contributed by atoms with Crippen LogP contribution < -0.4 is 10.9 Å². The number of fused-ring (bicyclic) bond motifs is 1. The summed E-state index contributed by atoms with van der Waals surface area (Å²) < 4.78 is 15.2. The number of carbonyl (C=O) groups excluding carboxylic acids is 1. The van der Waals surface area contributed by atoms with Crippen molar-refractivity contribution in [2.24, 2.45) is 0 Å². The smallest absolute Gasteiger partial charge is 0.258 e. The van der Waals surface area contributed by atoms with E-state index in [-0.39, 0.29) is 11.5 Å². The number of hydrogen-bond acceptors (Lipinski definition) is 4. The van der Waals surface area contributed by atoms with E-state index in [9.17, 15) is 14.0 Å². The molecule has 4 heterocycles. The van der Waals surface area contributed by atoms with Crippen LogP contribution in [-0.2, 0) is 13.1 Å². The molecule has 1 aliphatic rings. The Bertz CT molecular complexity index is 1660. The maximum atomic E-state index is 13.5. The summed E-state index contributed by atoms with van der Waals surface area (Å²) in [5, 5.41) is 8.14. The van der Waals surface area contributed by atoms with Crippen molar-refractivity contribution in [2.75, 3.05) is 18.4 Å². The van der Waals surface area contributed by atoms with Crippen LogP contribution >= 0.6 is 0 Å². The molecule has 3 aromatic heterocycles. The van der Waals surface area contributed by atoms with E-state index in [1.54, 1.807) is 16.9 Å². The third-order valence-corrected chi connectivity index (χ3v) is 7.14. The van der Waals surface area contributed by atoms with E-state index in [1.165, 1.54) is 12.4 Å². The lowest BCUT2D eigenvalue weighted by Crippen LogP contribution is -2.33. The van der Waals surface area contributed by atoms with Crippen molar-refractivity contribution in [1.82, 2.24) is 24.6 Å². The Morgan fingerprint density at radius 3 is 2.67 bits per heavy atom. The maximum absolute atomic E-state index is 13.5. The molecule has 8 nitrogen and oxygen atoms in total. The van der Waals surface area contributed by atoms with Crippen LogP contribution in [0, 0.1) is 0 Å². The van der Waals surface area contributed by atoms with Gasteiger partial charge in [-0.2, -0.15) is 5.10 Å². The summed E-state index contributed by atoms with van der Waals surface area (Å²) in [4.78, 5) is 33.9. The molecule has 6 rings (SSSR count). The van der Waals surface area contributed by atoms with Crippen molar-refractivity contribution in [2.45, 2.75) is 32.1 Å². The van der Waals surface area contributed by atoms with Crippen molar-refractivity contribution in [3.05, 3.63) is 106 Å². The molecule has 9 heteroatoms. The van der Waals surface area contributed by atoms with E-state index in [0.717, 1.165) is 41.7 Å². The number of aromatic nitrogens is 4. The van der Waals surface area contributed by atoms with E-state index in [0.29, 0.717) is 41.9 Å². The van der Waals surface area contributed by atoms with Crippen LogP contribution in [-0.4, -0.2) is 49.8 Å². The average molecular weight is 525 g/mol. The number of rotatable bonds is 7. The average Bonchev–Trinajstić information content (AvgIpc) is 3.59. The van der Waals surface area contributed by atoms with E-state index in [4.69, 9.17) is 0 Å². The van der Waals surface area contributed by atoms with Gasteiger partial charge >= 0.3 is 0 Å². The van der Waals surface area contributed by atoms with Gasteiger partial charge in [0.1, 0.15) is 6.17 Å². The maximum Gasteiger partial charge on any atom is 0.258 e. The lowest BCUT2D eigenvalue weighted by atomic mass is 10.1. The van der Waals surface area contributed by atoms with Gasteiger partial charge in [-0.1, -0.05) is 36.4 Å². The topological polar surface area (TPSA) is 98.8 Å². The molecular weight excluding hydrogens is 495 g/mol. The number of benzene rings is 2. The Morgan fingerprint density at radius 1 is 1.03 bits per heavy atom. The molecule has 0 unspecified atom stereocenters. The van der Waals surface area contributed by atoms with Crippen LogP contribution in [0.1, 0.15) is 34.3 Å². The van der Waals surface area contributed by atoms with Gasteiger partial charge in [-0.05, 0) is 48.2 Å². The van der Waals surface area contributed by atoms with Crippen molar-refractivity contribution in [3.63, 3.8) is 0 Å².